The third-order valence-corrected chi connectivity index (χ3v) is 12.4. The van der Waals surface area contributed by atoms with E-state index in [0.717, 1.165) is 50.8 Å². The smallest absolute Gasteiger partial charge is 0.149 e. The molecule has 0 spiro atoms. The Morgan fingerprint density at radius 2 is 1.21 bits per heavy atom. The molecule has 4 nitrogen and oxygen atoms in total. The van der Waals surface area contributed by atoms with Crippen LogP contribution in [0.25, 0.3) is 83.9 Å². The monoisotopic (exact) mass is 875 g/mol. The Labute approximate surface area is 407 Å². The molecule has 2 heterocycles. The summed E-state index contributed by atoms with van der Waals surface area (Å²) in [4.78, 5) is 10.2. The van der Waals surface area contributed by atoms with Gasteiger partial charge in [-0.3, -0.25) is 9.55 Å². The summed E-state index contributed by atoms with van der Waals surface area (Å²) in [7, 11) is 0. The summed E-state index contributed by atoms with van der Waals surface area (Å²) in [6, 6.07) is 38.5. The highest BCUT2D eigenvalue weighted by atomic mass is 16.3. The normalized spacial score (nSPS) is 15.0. The highest BCUT2D eigenvalue weighted by molar-refractivity contribution is 5.98. The Balaban J connectivity index is 1.42. The summed E-state index contributed by atoms with van der Waals surface area (Å²) in [6.45, 7) is 12.6. The van der Waals surface area contributed by atoms with E-state index in [9.17, 15) is 5.11 Å². The molecule has 0 aliphatic carbocycles. The van der Waals surface area contributed by atoms with Crippen molar-refractivity contribution in [1.82, 2.24) is 14.5 Å². The molecule has 0 amide bonds. The number of aryl methyl sites for hydroxylation is 1. The van der Waals surface area contributed by atoms with Gasteiger partial charge in [0, 0.05) is 36.7 Å². The zero-order valence-corrected chi connectivity index (χ0v) is 39.0. The molecule has 0 saturated heterocycles. The maximum absolute atomic E-state index is 12.7. The van der Waals surface area contributed by atoms with E-state index in [0.29, 0.717) is 33.5 Å². The molecule has 0 saturated carbocycles. The summed E-state index contributed by atoms with van der Waals surface area (Å²) in [6.07, 6.45) is 1.03. The van der Waals surface area contributed by atoms with Crippen LogP contribution in [-0.2, 0) is 16.2 Å². The lowest BCUT2D eigenvalue weighted by Crippen LogP contribution is -2.17. The van der Waals surface area contributed by atoms with Gasteiger partial charge in [0.05, 0.1) is 34.8 Å². The van der Waals surface area contributed by atoms with Gasteiger partial charge in [-0.25, -0.2) is 4.98 Å². The number of benzene rings is 7. The van der Waals surface area contributed by atoms with Crippen molar-refractivity contribution >= 4 is 11.0 Å². The fraction of sp³-hybridized carbons (Fsp3) is 0.226. The molecule has 0 unspecified atom stereocenters. The van der Waals surface area contributed by atoms with Gasteiger partial charge < -0.3 is 5.11 Å². The quantitative estimate of drug-likeness (QED) is 0.174. The minimum Gasteiger partial charge on any atom is -0.507 e. The summed E-state index contributed by atoms with van der Waals surface area (Å²) in [5.74, 6) is 0.578. The standard InChI is InChI=1S/C62H61N3O/c1-39-38-63-56(40(2)55(39)43-26-19-14-20-27-43)46-32-45(33-47(34-46)60(3,4)5)49-28-21-29-54-57(49)64-59(51-36-48(61(6,7)8)37-52(58(51)66)62(9,10)11)65(54)53-31-30-44(41-22-15-12-16-23-41)35-50(53)42-24-17-13-18-25-42/h12-38,66H,1-11H3/i1D3,2D3,14D,19D,20D,26D,27D. The van der Waals surface area contributed by atoms with Gasteiger partial charge in [-0.05, 0) is 122 Å². The molecule has 7 aromatic carbocycles. The van der Waals surface area contributed by atoms with E-state index in [1.807, 2.05) is 87.5 Å². The van der Waals surface area contributed by atoms with Crippen molar-refractivity contribution in [3.05, 3.63) is 192 Å². The van der Waals surface area contributed by atoms with Crippen LogP contribution in [0.15, 0.2) is 164 Å². The summed E-state index contributed by atoms with van der Waals surface area (Å²) < 4.78 is 98.1. The van der Waals surface area contributed by atoms with Crippen LogP contribution >= 0.6 is 0 Å². The Morgan fingerprint density at radius 3 is 1.86 bits per heavy atom. The molecular formula is C62H61N3O. The highest BCUT2D eigenvalue weighted by Gasteiger charge is 2.30. The van der Waals surface area contributed by atoms with Crippen LogP contribution in [0.3, 0.4) is 0 Å². The number of aromatic nitrogens is 3. The number of fused-ring (bicyclic) bond motifs is 1. The number of phenols is 1. The SMILES string of the molecule is [2H]c1c([2H])c([2H])c(-c2c(C([2H])([2H])[2H])cnc(-c3cc(-c4cccc5c4nc(-c4cc(C(C)(C)C)cc(C(C)(C)C)c4O)n5-c4ccc(-c5ccccc5)cc4-c4ccccc4)cc(C(C)(C)C)c3)c2C([2H])([2H])[2H])c([2H])c1[2H]. The van der Waals surface area contributed by atoms with Crippen molar-refractivity contribution in [3.63, 3.8) is 0 Å². The zero-order valence-electron chi connectivity index (χ0n) is 50.0. The van der Waals surface area contributed by atoms with Gasteiger partial charge in [0.15, 0.2) is 0 Å². The molecule has 1 N–H and O–H groups in total. The predicted octanol–water partition coefficient (Wildman–Crippen LogP) is 16.6. The maximum Gasteiger partial charge on any atom is 0.149 e. The predicted molar refractivity (Wildman–Crippen MR) is 279 cm³/mol. The topological polar surface area (TPSA) is 50.9 Å². The molecule has 0 radical (unpaired) electrons. The van der Waals surface area contributed by atoms with Crippen molar-refractivity contribution in [1.29, 1.82) is 0 Å². The number of nitrogens with zero attached hydrogens (tertiary/aromatic N) is 3. The molecule has 2 aromatic heterocycles. The van der Waals surface area contributed by atoms with Crippen LogP contribution in [0, 0.1) is 13.7 Å². The second kappa shape index (κ2) is 16.7. The number of aromatic hydroxyl groups is 1. The van der Waals surface area contributed by atoms with Gasteiger partial charge in [-0.15, -0.1) is 0 Å². The average molecular weight is 875 g/mol. The van der Waals surface area contributed by atoms with E-state index >= 15 is 0 Å². The molecule has 9 aromatic rings. The molecule has 0 atom stereocenters. The molecule has 0 aliphatic heterocycles. The van der Waals surface area contributed by atoms with E-state index in [2.05, 4.69) is 99.6 Å². The molecule has 4 heteroatoms. The van der Waals surface area contributed by atoms with Crippen molar-refractivity contribution in [2.24, 2.45) is 0 Å². The fourth-order valence-corrected chi connectivity index (χ4v) is 8.67. The van der Waals surface area contributed by atoms with Gasteiger partial charge in [0.1, 0.15) is 11.6 Å². The van der Waals surface area contributed by atoms with Crippen LogP contribution in [0.4, 0.5) is 0 Å². The second-order valence-electron chi connectivity index (χ2n) is 20.1. The third kappa shape index (κ3) is 8.26. The van der Waals surface area contributed by atoms with Crippen molar-refractivity contribution in [3.8, 4) is 78.6 Å². The molecule has 66 heavy (non-hydrogen) atoms. The Kier molecular flexibility index (Phi) is 8.27. The van der Waals surface area contributed by atoms with E-state index in [1.54, 1.807) is 12.1 Å². The first-order valence-electron chi connectivity index (χ1n) is 27.8. The lowest BCUT2D eigenvalue weighted by atomic mass is 9.79. The molecule has 0 fully saturated rings. The molecule has 0 bridgehead atoms. The lowest BCUT2D eigenvalue weighted by Gasteiger charge is -2.27. The maximum atomic E-state index is 12.7. The van der Waals surface area contributed by atoms with Gasteiger partial charge in [0.25, 0.3) is 0 Å². The summed E-state index contributed by atoms with van der Waals surface area (Å²) in [5.41, 5.74) is 6.88. The highest BCUT2D eigenvalue weighted by Crippen LogP contribution is 2.46. The number of para-hydroxylation sites is 1. The van der Waals surface area contributed by atoms with Crippen LogP contribution in [0.1, 0.15) is 105 Å². The van der Waals surface area contributed by atoms with E-state index < -0.39 is 77.0 Å². The minimum absolute atomic E-state index is 0.0986. The number of pyridine rings is 1. The number of rotatable bonds is 7. The largest absolute Gasteiger partial charge is 0.507 e. The van der Waals surface area contributed by atoms with Crippen LogP contribution in [0.5, 0.6) is 5.75 Å². The first kappa shape index (κ1) is 32.6. The number of hydrogen-bond acceptors (Lipinski definition) is 3. The molecule has 330 valence electrons. The van der Waals surface area contributed by atoms with Crippen molar-refractivity contribution in [2.45, 2.75) is 92.3 Å². The summed E-state index contributed by atoms with van der Waals surface area (Å²) >= 11 is 0. The fourth-order valence-electron chi connectivity index (χ4n) is 8.67. The van der Waals surface area contributed by atoms with Gasteiger partial charge in [0.2, 0.25) is 0 Å². The Morgan fingerprint density at radius 1 is 0.545 bits per heavy atom. The van der Waals surface area contributed by atoms with Crippen LogP contribution in [0.2, 0.25) is 0 Å². The van der Waals surface area contributed by atoms with Crippen LogP contribution < -0.4 is 0 Å². The van der Waals surface area contributed by atoms with E-state index in [4.69, 9.17) is 20.1 Å². The first-order valence-corrected chi connectivity index (χ1v) is 22.3. The number of phenolic OH excluding ortho intramolecular Hbond substituents is 1. The lowest BCUT2D eigenvalue weighted by molar-refractivity contribution is 0.446. The third-order valence-electron chi connectivity index (χ3n) is 12.4. The number of imidazole rings is 1. The Bertz CT molecular complexity index is 3750. The molecule has 0 aliphatic rings. The average Bonchev–Trinajstić information content (AvgIpc) is 3.87. The Hall–Kier alpha value is -7.04. The van der Waals surface area contributed by atoms with Crippen LogP contribution in [-0.4, -0.2) is 19.6 Å². The van der Waals surface area contributed by atoms with Crippen molar-refractivity contribution < 1.29 is 20.2 Å². The molecular weight excluding hydrogens is 803 g/mol. The van der Waals surface area contributed by atoms with Crippen molar-refractivity contribution in [2.75, 3.05) is 0 Å². The van der Waals surface area contributed by atoms with Gasteiger partial charge >= 0.3 is 0 Å². The molecule has 9 rings (SSSR count). The van der Waals surface area contributed by atoms with E-state index in [1.165, 1.54) is 0 Å². The van der Waals surface area contributed by atoms with E-state index in [-0.39, 0.29) is 22.4 Å². The summed E-state index contributed by atoms with van der Waals surface area (Å²) in [5, 5.41) is 12.7. The minimum atomic E-state index is -3.12. The second-order valence-corrected chi connectivity index (χ2v) is 20.1. The number of hydrogen-bond donors (Lipinski definition) is 1. The zero-order chi connectivity index (χ0) is 56.1. The first-order chi connectivity index (χ1) is 35.9. The van der Waals surface area contributed by atoms with Gasteiger partial charge in [-0.2, -0.15) is 0 Å². The van der Waals surface area contributed by atoms with Gasteiger partial charge in [-0.1, -0.05) is 184 Å².